The molecular weight excluding hydrogens is 651 g/mol. The van der Waals surface area contributed by atoms with Gasteiger partial charge in [-0.15, -0.1) is 0 Å². The third-order valence-electron chi connectivity index (χ3n) is 14.1. The van der Waals surface area contributed by atoms with Crippen molar-refractivity contribution < 1.29 is 0 Å². The van der Waals surface area contributed by atoms with Crippen molar-refractivity contribution in [3.8, 4) is 33.4 Å². The first-order valence-corrected chi connectivity index (χ1v) is 20.9. The molecule has 6 aromatic carbocycles. The molecule has 0 radical (unpaired) electrons. The van der Waals surface area contributed by atoms with Gasteiger partial charge < -0.3 is 4.90 Å². The summed E-state index contributed by atoms with van der Waals surface area (Å²) in [6, 6.07) is 51.6. The van der Waals surface area contributed by atoms with Crippen LogP contribution >= 0.6 is 0 Å². The summed E-state index contributed by atoms with van der Waals surface area (Å²) in [7, 11) is 0. The van der Waals surface area contributed by atoms with Crippen LogP contribution < -0.4 is 4.90 Å². The molecule has 3 saturated carbocycles. The van der Waals surface area contributed by atoms with E-state index in [1.165, 1.54) is 136 Å². The smallest absolute Gasteiger partial charge is 0.0465 e. The Balaban J connectivity index is 1.01. The minimum atomic E-state index is -0.0633. The summed E-state index contributed by atoms with van der Waals surface area (Å²) in [4.78, 5) is 2.48. The highest BCUT2D eigenvalue weighted by Gasteiger charge is 2.40. The van der Waals surface area contributed by atoms with E-state index in [0.29, 0.717) is 0 Å². The van der Waals surface area contributed by atoms with Crippen molar-refractivity contribution in [3.05, 3.63) is 161 Å². The number of benzene rings is 6. The molecule has 0 saturated heterocycles. The van der Waals surface area contributed by atoms with Gasteiger partial charge in [0.25, 0.3) is 0 Å². The van der Waals surface area contributed by atoms with Crippen molar-refractivity contribution >= 4 is 17.1 Å². The summed E-state index contributed by atoms with van der Waals surface area (Å²) in [6.45, 7) is 7.00. The third kappa shape index (κ3) is 5.83. The zero-order chi connectivity index (χ0) is 36.4. The van der Waals surface area contributed by atoms with Crippen LogP contribution in [0.2, 0.25) is 0 Å². The van der Waals surface area contributed by atoms with Crippen LogP contribution in [0.15, 0.2) is 133 Å². The van der Waals surface area contributed by atoms with Gasteiger partial charge in [-0.2, -0.15) is 0 Å². The van der Waals surface area contributed by atoms with Crippen LogP contribution in [0.25, 0.3) is 33.4 Å². The van der Waals surface area contributed by atoms with E-state index in [0.717, 1.165) is 23.7 Å². The molecular formula is C53H53N. The van der Waals surface area contributed by atoms with Crippen molar-refractivity contribution in [1.82, 2.24) is 0 Å². The first-order valence-electron chi connectivity index (χ1n) is 20.9. The molecule has 6 aromatic rings. The maximum atomic E-state index is 2.48. The monoisotopic (exact) mass is 703 g/mol. The molecule has 0 amide bonds. The van der Waals surface area contributed by atoms with Crippen LogP contribution in [-0.4, -0.2) is 0 Å². The average Bonchev–Trinajstić information content (AvgIpc) is 3.92. The van der Waals surface area contributed by atoms with Gasteiger partial charge in [-0.05, 0) is 155 Å². The van der Waals surface area contributed by atoms with E-state index < -0.39 is 0 Å². The molecule has 1 heteroatoms. The van der Waals surface area contributed by atoms with E-state index in [1.807, 2.05) is 0 Å². The lowest BCUT2D eigenvalue weighted by Crippen LogP contribution is -2.17. The van der Waals surface area contributed by atoms with Crippen molar-refractivity contribution in [2.24, 2.45) is 11.8 Å². The maximum absolute atomic E-state index is 2.48. The second-order valence-corrected chi connectivity index (χ2v) is 17.7. The van der Waals surface area contributed by atoms with Gasteiger partial charge in [0.2, 0.25) is 0 Å². The van der Waals surface area contributed by atoms with Crippen LogP contribution in [0, 0.1) is 18.8 Å². The number of nitrogens with zero attached hydrogens (tertiary/aromatic N) is 1. The normalized spacial score (nSPS) is 21.2. The van der Waals surface area contributed by atoms with Gasteiger partial charge in [0.15, 0.2) is 0 Å². The van der Waals surface area contributed by atoms with E-state index in [4.69, 9.17) is 0 Å². The lowest BCUT2D eigenvalue weighted by molar-refractivity contribution is 0.420. The molecule has 270 valence electrons. The number of aryl methyl sites for hydroxylation is 1. The number of rotatable bonds is 7. The second-order valence-electron chi connectivity index (χ2n) is 17.7. The van der Waals surface area contributed by atoms with Crippen molar-refractivity contribution in [3.63, 3.8) is 0 Å². The number of fused-ring (bicyclic) bond motifs is 5. The minimum absolute atomic E-state index is 0.0633. The lowest BCUT2D eigenvalue weighted by atomic mass is 9.82. The molecule has 4 aliphatic rings. The Morgan fingerprint density at radius 2 is 1.07 bits per heavy atom. The zero-order valence-corrected chi connectivity index (χ0v) is 32.3. The molecule has 0 aromatic heterocycles. The standard InChI is InChI=1S/C53H53N/c1-35-13-29-48-49-30-28-45(34-52(49)53(2,3)51(48)31-35)54(44-26-22-41(23-27-44)50-33-36-14-15-42(50)32-36)43-24-20-40(21-25-43)47-12-8-7-11-46(47)39-18-16-38(17-19-39)37-9-5-4-6-10-37/h7-8,11-13,16-31,34,36-37,42,50H,4-6,9-10,14-15,32-33H2,1-3H3. The molecule has 0 aliphatic heterocycles. The summed E-state index contributed by atoms with van der Waals surface area (Å²) in [5.74, 6) is 3.29. The number of anilines is 3. The Morgan fingerprint density at radius 3 is 1.70 bits per heavy atom. The molecule has 54 heavy (non-hydrogen) atoms. The summed E-state index contributed by atoms with van der Waals surface area (Å²) in [5, 5.41) is 0. The highest BCUT2D eigenvalue weighted by molar-refractivity contribution is 5.87. The number of hydrogen-bond acceptors (Lipinski definition) is 1. The van der Waals surface area contributed by atoms with E-state index in [2.05, 4.69) is 159 Å². The average molecular weight is 704 g/mol. The predicted octanol–water partition coefficient (Wildman–Crippen LogP) is 15.1. The van der Waals surface area contributed by atoms with E-state index >= 15 is 0 Å². The molecule has 1 nitrogen and oxygen atoms in total. The highest BCUT2D eigenvalue weighted by atomic mass is 15.1. The van der Waals surface area contributed by atoms with Gasteiger partial charge in [-0.3, -0.25) is 0 Å². The van der Waals surface area contributed by atoms with E-state index in [9.17, 15) is 0 Å². The van der Waals surface area contributed by atoms with Crippen molar-refractivity contribution in [2.75, 3.05) is 4.90 Å². The Morgan fingerprint density at radius 1 is 0.500 bits per heavy atom. The first kappa shape index (κ1) is 33.7. The molecule has 2 bridgehead atoms. The molecule has 4 aliphatic carbocycles. The summed E-state index contributed by atoms with van der Waals surface area (Å²) < 4.78 is 0. The molecule has 3 unspecified atom stereocenters. The van der Waals surface area contributed by atoms with Gasteiger partial charge in [0, 0.05) is 22.5 Å². The second kappa shape index (κ2) is 13.5. The van der Waals surface area contributed by atoms with Crippen LogP contribution in [0.1, 0.15) is 111 Å². The quantitative estimate of drug-likeness (QED) is 0.160. The summed E-state index contributed by atoms with van der Waals surface area (Å²) in [6.07, 6.45) is 12.5. The molecule has 3 atom stereocenters. The largest absolute Gasteiger partial charge is 0.310 e. The molecule has 0 spiro atoms. The summed E-state index contributed by atoms with van der Waals surface area (Å²) in [5.41, 5.74) is 18.6. The fourth-order valence-corrected chi connectivity index (χ4v) is 11.1. The fourth-order valence-electron chi connectivity index (χ4n) is 11.1. The SMILES string of the molecule is Cc1ccc2c(c1)C(C)(C)c1cc(N(c3ccc(-c4ccccc4-c4ccc(C5CCCCC5)cc4)cc3)c3ccc(C4CC5CCC4C5)cc3)ccc1-2. The Hall–Kier alpha value is -4.88. The van der Waals surface area contributed by atoms with Crippen LogP contribution in [0.5, 0.6) is 0 Å². The van der Waals surface area contributed by atoms with Crippen LogP contribution in [0.4, 0.5) is 17.1 Å². The molecule has 0 N–H and O–H groups in total. The Bertz CT molecular complexity index is 2300. The van der Waals surface area contributed by atoms with E-state index in [-0.39, 0.29) is 5.41 Å². The maximum Gasteiger partial charge on any atom is 0.0465 e. The lowest BCUT2D eigenvalue weighted by Gasteiger charge is -2.29. The van der Waals surface area contributed by atoms with Gasteiger partial charge >= 0.3 is 0 Å². The third-order valence-corrected chi connectivity index (χ3v) is 14.1. The molecule has 0 heterocycles. The van der Waals surface area contributed by atoms with Crippen LogP contribution in [-0.2, 0) is 5.41 Å². The Kier molecular flexibility index (Phi) is 8.39. The number of hydrogen-bond donors (Lipinski definition) is 0. The van der Waals surface area contributed by atoms with Crippen molar-refractivity contribution in [2.45, 2.75) is 95.8 Å². The fraction of sp³-hybridized carbons (Fsp3) is 0.321. The van der Waals surface area contributed by atoms with E-state index in [1.54, 1.807) is 0 Å². The van der Waals surface area contributed by atoms with Gasteiger partial charge in [0.05, 0.1) is 0 Å². The zero-order valence-electron chi connectivity index (χ0n) is 32.3. The topological polar surface area (TPSA) is 3.24 Å². The van der Waals surface area contributed by atoms with Gasteiger partial charge in [-0.1, -0.05) is 142 Å². The first-order chi connectivity index (χ1) is 26.4. The minimum Gasteiger partial charge on any atom is -0.310 e. The van der Waals surface area contributed by atoms with Crippen LogP contribution in [0.3, 0.4) is 0 Å². The molecule has 10 rings (SSSR count). The Labute approximate surface area is 323 Å². The predicted molar refractivity (Wildman–Crippen MR) is 228 cm³/mol. The van der Waals surface area contributed by atoms with Gasteiger partial charge in [-0.25, -0.2) is 0 Å². The molecule has 3 fully saturated rings. The van der Waals surface area contributed by atoms with Gasteiger partial charge in [0.1, 0.15) is 0 Å². The highest BCUT2D eigenvalue weighted by Crippen LogP contribution is 2.54. The van der Waals surface area contributed by atoms with Crippen molar-refractivity contribution in [1.29, 1.82) is 0 Å². The summed E-state index contributed by atoms with van der Waals surface area (Å²) >= 11 is 0.